The summed E-state index contributed by atoms with van der Waals surface area (Å²) in [6.45, 7) is 6.19. The van der Waals surface area contributed by atoms with Crippen molar-refractivity contribution in [3.8, 4) is 0 Å². The minimum absolute atomic E-state index is 0.0585. The van der Waals surface area contributed by atoms with Gasteiger partial charge in [0.1, 0.15) is 5.00 Å². The van der Waals surface area contributed by atoms with Gasteiger partial charge in [0.25, 0.3) is 0 Å². The fourth-order valence-electron chi connectivity index (χ4n) is 1.77. The van der Waals surface area contributed by atoms with Crippen LogP contribution in [0.2, 0.25) is 0 Å². The average Bonchev–Trinajstić information content (AvgIpc) is 2.76. The smallest absolute Gasteiger partial charge is 0.338 e. The second-order valence-corrected chi connectivity index (χ2v) is 5.63. The highest BCUT2D eigenvalue weighted by Gasteiger charge is 2.15. The van der Waals surface area contributed by atoms with Crippen LogP contribution in [-0.2, 0) is 0 Å². The number of carboxylic acids is 1. The van der Waals surface area contributed by atoms with Crippen LogP contribution in [0.3, 0.4) is 0 Å². The summed E-state index contributed by atoms with van der Waals surface area (Å²) >= 11 is 1.20. The van der Waals surface area contributed by atoms with Crippen molar-refractivity contribution >= 4 is 28.3 Å². The third kappa shape index (κ3) is 4.90. The Kier molecular flexibility index (Phi) is 5.82. The largest absolute Gasteiger partial charge is 0.478 e. The molecule has 3 N–H and O–H groups in total. The van der Waals surface area contributed by atoms with Gasteiger partial charge < -0.3 is 10.4 Å². The SMILES string of the molecule is CCC(C)CC(C)NC(=O)Nc1sccc1C(=O)O. The van der Waals surface area contributed by atoms with E-state index >= 15 is 0 Å². The zero-order valence-corrected chi connectivity index (χ0v) is 12.2. The molecule has 0 spiro atoms. The van der Waals surface area contributed by atoms with E-state index in [4.69, 9.17) is 5.11 Å². The Morgan fingerprint density at radius 2 is 2.11 bits per heavy atom. The lowest BCUT2D eigenvalue weighted by Crippen LogP contribution is -2.37. The molecule has 0 bridgehead atoms. The van der Waals surface area contributed by atoms with Crippen LogP contribution in [-0.4, -0.2) is 23.1 Å². The fourth-order valence-corrected chi connectivity index (χ4v) is 2.54. The van der Waals surface area contributed by atoms with E-state index in [1.165, 1.54) is 17.4 Å². The number of anilines is 1. The van der Waals surface area contributed by atoms with Gasteiger partial charge in [-0.1, -0.05) is 20.3 Å². The molecule has 1 rings (SSSR count). The minimum Gasteiger partial charge on any atom is -0.478 e. The Labute approximate surface area is 117 Å². The highest BCUT2D eigenvalue weighted by Crippen LogP contribution is 2.23. The maximum atomic E-state index is 11.8. The van der Waals surface area contributed by atoms with Crippen molar-refractivity contribution in [1.82, 2.24) is 5.32 Å². The van der Waals surface area contributed by atoms with E-state index in [1.54, 1.807) is 5.38 Å². The van der Waals surface area contributed by atoms with Gasteiger partial charge in [-0.05, 0) is 30.7 Å². The zero-order chi connectivity index (χ0) is 14.4. The standard InChI is InChI=1S/C13H20N2O3S/c1-4-8(2)7-9(3)14-13(18)15-11-10(12(16)17)5-6-19-11/h5-6,8-9H,4,7H2,1-3H3,(H,16,17)(H2,14,15,18). The Morgan fingerprint density at radius 1 is 1.42 bits per heavy atom. The van der Waals surface area contributed by atoms with Gasteiger partial charge in [-0.3, -0.25) is 5.32 Å². The van der Waals surface area contributed by atoms with E-state index in [1.807, 2.05) is 6.92 Å². The van der Waals surface area contributed by atoms with E-state index in [0.29, 0.717) is 10.9 Å². The number of rotatable bonds is 6. The van der Waals surface area contributed by atoms with Crippen LogP contribution in [0.25, 0.3) is 0 Å². The molecule has 0 fully saturated rings. The van der Waals surface area contributed by atoms with Gasteiger partial charge in [0.05, 0.1) is 5.56 Å². The topological polar surface area (TPSA) is 78.4 Å². The van der Waals surface area contributed by atoms with Crippen LogP contribution in [0.1, 0.15) is 44.0 Å². The van der Waals surface area contributed by atoms with Gasteiger partial charge in [-0.25, -0.2) is 9.59 Å². The summed E-state index contributed by atoms with van der Waals surface area (Å²) in [6.07, 6.45) is 1.97. The van der Waals surface area contributed by atoms with Crippen LogP contribution >= 0.6 is 11.3 Å². The van der Waals surface area contributed by atoms with Crippen molar-refractivity contribution < 1.29 is 14.7 Å². The van der Waals surface area contributed by atoms with E-state index < -0.39 is 5.97 Å². The van der Waals surface area contributed by atoms with Crippen LogP contribution in [0.4, 0.5) is 9.80 Å². The molecule has 1 aromatic rings. The quantitative estimate of drug-likeness (QED) is 0.749. The Balaban J connectivity index is 2.51. The molecular formula is C13H20N2O3S. The molecule has 106 valence electrons. The number of nitrogens with one attached hydrogen (secondary N) is 2. The van der Waals surface area contributed by atoms with E-state index in [-0.39, 0.29) is 17.6 Å². The van der Waals surface area contributed by atoms with Gasteiger partial charge in [0.15, 0.2) is 0 Å². The molecule has 1 heterocycles. The third-order valence-electron chi connectivity index (χ3n) is 2.95. The number of carbonyl (C=O) groups is 2. The van der Waals surface area contributed by atoms with E-state index in [2.05, 4.69) is 24.5 Å². The Hall–Kier alpha value is -1.56. The van der Waals surface area contributed by atoms with Gasteiger partial charge in [-0.2, -0.15) is 0 Å². The summed E-state index contributed by atoms with van der Waals surface area (Å²) in [5, 5.41) is 16.3. The second kappa shape index (κ2) is 7.13. The predicted octanol–water partition coefficient (Wildman–Crippen LogP) is 3.39. The number of hydrogen-bond donors (Lipinski definition) is 3. The first-order chi connectivity index (χ1) is 8.93. The van der Waals surface area contributed by atoms with E-state index in [9.17, 15) is 9.59 Å². The highest BCUT2D eigenvalue weighted by molar-refractivity contribution is 7.14. The number of thiophene rings is 1. The second-order valence-electron chi connectivity index (χ2n) is 4.72. The minimum atomic E-state index is -1.04. The molecule has 5 nitrogen and oxygen atoms in total. The van der Waals surface area contributed by atoms with Gasteiger partial charge in [-0.15, -0.1) is 11.3 Å². The molecule has 0 radical (unpaired) electrons. The molecule has 6 heteroatoms. The summed E-state index contributed by atoms with van der Waals surface area (Å²) < 4.78 is 0. The Morgan fingerprint density at radius 3 is 2.68 bits per heavy atom. The number of carboxylic acid groups (broad SMARTS) is 1. The molecule has 19 heavy (non-hydrogen) atoms. The van der Waals surface area contributed by atoms with Crippen LogP contribution in [0.5, 0.6) is 0 Å². The Bertz CT molecular complexity index is 445. The number of carbonyl (C=O) groups excluding carboxylic acids is 1. The van der Waals surface area contributed by atoms with Crippen molar-refractivity contribution in [3.63, 3.8) is 0 Å². The summed E-state index contributed by atoms with van der Waals surface area (Å²) in [5.74, 6) is -0.490. The van der Waals surface area contributed by atoms with Crippen molar-refractivity contribution in [1.29, 1.82) is 0 Å². The first kappa shape index (κ1) is 15.5. The number of amides is 2. The maximum Gasteiger partial charge on any atom is 0.338 e. The highest BCUT2D eigenvalue weighted by atomic mass is 32.1. The lowest BCUT2D eigenvalue weighted by atomic mass is 10.0. The van der Waals surface area contributed by atoms with Crippen molar-refractivity contribution in [2.24, 2.45) is 5.92 Å². The monoisotopic (exact) mass is 284 g/mol. The molecule has 2 atom stereocenters. The van der Waals surface area contributed by atoms with Crippen molar-refractivity contribution in [2.45, 2.75) is 39.7 Å². The molecular weight excluding hydrogens is 264 g/mol. The first-order valence-corrected chi connectivity index (χ1v) is 7.20. The molecule has 0 aliphatic heterocycles. The lowest BCUT2D eigenvalue weighted by molar-refractivity contribution is 0.0698. The summed E-state index contributed by atoms with van der Waals surface area (Å²) in [7, 11) is 0. The predicted molar refractivity (Wildman–Crippen MR) is 77.0 cm³/mol. The normalized spacial score (nSPS) is 13.6. The third-order valence-corrected chi connectivity index (χ3v) is 3.78. The number of hydrogen-bond acceptors (Lipinski definition) is 3. The van der Waals surface area contributed by atoms with Crippen molar-refractivity contribution in [2.75, 3.05) is 5.32 Å². The number of aromatic carboxylic acids is 1. The van der Waals surface area contributed by atoms with Gasteiger partial charge >= 0.3 is 12.0 Å². The van der Waals surface area contributed by atoms with Crippen LogP contribution in [0, 0.1) is 5.92 Å². The van der Waals surface area contributed by atoms with E-state index in [0.717, 1.165) is 12.8 Å². The molecule has 2 unspecified atom stereocenters. The number of urea groups is 1. The van der Waals surface area contributed by atoms with Gasteiger partial charge in [0.2, 0.25) is 0 Å². The van der Waals surface area contributed by atoms with Crippen LogP contribution < -0.4 is 10.6 Å². The lowest BCUT2D eigenvalue weighted by Gasteiger charge is -2.17. The summed E-state index contributed by atoms with van der Waals surface area (Å²) in [4.78, 5) is 22.7. The van der Waals surface area contributed by atoms with Gasteiger partial charge in [0, 0.05) is 6.04 Å². The summed E-state index contributed by atoms with van der Waals surface area (Å²) in [5.41, 5.74) is 0.120. The fraction of sp³-hybridized carbons (Fsp3) is 0.538. The zero-order valence-electron chi connectivity index (χ0n) is 11.4. The molecule has 0 saturated carbocycles. The molecule has 0 aromatic carbocycles. The summed E-state index contributed by atoms with van der Waals surface area (Å²) in [6, 6.07) is 1.18. The molecule has 0 saturated heterocycles. The van der Waals surface area contributed by atoms with Crippen LogP contribution in [0.15, 0.2) is 11.4 Å². The molecule has 0 aliphatic carbocycles. The first-order valence-electron chi connectivity index (χ1n) is 6.32. The molecule has 1 aromatic heterocycles. The van der Waals surface area contributed by atoms with Crippen molar-refractivity contribution in [3.05, 3.63) is 17.0 Å². The maximum absolute atomic E-state index is 11.8. The molecule has 2 amide bonds. The average molecular weight is 284 g/mol. The molecule has 0 aliphatic rings.